The summed E-state index contributed by atoms with van der Waals surface area (Å²) in [6, 6.07) is 4.13. The SMILES string of the molecule is Cc1cc(C(C)NC(=O)c2ccc(OCC(F)(F)F)cn2)n(C)n1.[HH]. The molecule has 1 amide bonds. The molecule has 0 radical (unpaired) electrons. The van der Waals surface area contributed by atoms with Gasteiger partial charge in [-0.3, -0.25) is 9.48 Å². The van der Waals surface area contributed by atoms with Gasteiger partial charge in [-0.1, -0.05) is 0 Å². The summed E-state index contributed by atoms with van der Waals surface area (Å²) >= 11 is 0. The van der Waals surface area contributed by atoms with Crippen LogP contribution in [0, 0.1) is 6.92 Å². The molecule has 0 aliphatic heterocycles. The third kappa shape index (κ3) is 4.71. The topological polar surface area (TPSA) is 69.0 Å². The third-order valence-electron chi connectivity index (χ3n) is 3.20. The number of aryl methyl sites for hydroxylation is 2. The molecule has 2 heterocycles. The molecular weight excluding hydrogens is 325 g/mol. The molecule has 0 bridgehead atoms. The number of carbonyl (C=O) groups excluding carboxylic acids is 1. The highest BCUT2D eigenvalue weighted by Gasteiger charge is 2.28. The number of halogens is 3. The maximum absolute atomic E-state index is 12.2. The molecule has 1 N–H and O–H groups in total. The number of rotatable bonds is 5. The Morgan fingerprint density at radius 3 is 2.67 bits per heavy atom. The van der Waals surface area contributed by atoms with Crippen LogP contribution in [0.5, 0.6) is 5.75 Å². The number of hydrogen-bond donors (Lipinski definition) is 1. The Bertz CT molecular complexity index is 717. The molecule has 0 saturated carbocycles. The molecule has 2 rings (SSSR count). The molecule has 0 saturated heterocycles. The summed E-state index contributed by atoms with van der Waals surface area (Å²) in [5, 5.41) is 6.96. The van der Waals surface area contributed by atoms with Crippen molar-refractivity contribution in [3.05, 3.63) is 41.5 Å². The van der Waals surface area contributed by atoms with E-state index in [1.54, 1.807) is 18.7 Å². The van der Waals surface area contributed by atoms with Crippen LogP contribution in [0.1, 0.15) is 36.3 Å². The minimum atomic E-state index is -4.42. The van der Waals surface area contributed by atoms with Crippen LogP contribution in [0.25, 0.3) is 0 Å². The van der Waals surface area contributed by atoms with Crippen molar-refractivity contribution in [3.8, 4) is 5.75 Å². The van der Waals surface area contributed by atoms with Gasteiger partial charge < -0.3 is 10.1 Å². The first-order valence-corrected chi connectivity index (χ1v) is 7.13. The number of nitrogens with one attached hydrogen (secondary N) is 1. The van der Waals surface area contributed by atoms with Gasteiger partial charge >= 0.3 is 6.18 Å². The number of carbonyl (C=O) groups is 1. The number of nitrogens with zero attached hydrogens (tertiary/aromatic N) is 3. The lowest BCUT2D eigenvalue weighted by Crippen LogP contribution is -2.28. The summed E-state index contributed by atoms with van der Waals surface area (Å²) < 4.78 is 42.4. The van der Waals surface area contributed by atoms with Crippen molar-refractivity contribution < 1.29 is 24.1 Å². The molecule has 6 nitrogen and oxygen atoms in total. The highest BCUT2D eigenvalue weighted by atomic mass is 19.4. The summed E-state index contributed by atoms with van der Waals surface area (Å²) in [6.07, 6.45) is -3.34. The van der Waals surface area contributed by atoms with Gasteiger partial charge in [0.25, 0.3) is 5.91 Å². The number of ether oxygens (including phenoxy) is 1. The molecule has 0 fully saturated rings. The van der Waals surface area contributed by atoms with E-state index >= 15 is 0 Å². The van der Waals surface area contributed by atoms with E-state index in [0.29, 0.717) is 0 Å². The van der Waals surface area contributed by atoms with Crippen LogP contribution >= 0.6 is 0 Å². The smallest absolute Gasteiger partial charge is 0.422 e. The Morgan fingerprint density at radius 1 is 1.46 bits per heavy atom. The normalized spacial score (nSPS) is 12.8. The molecule has 1 unspecified atom stereocenters. The summed E-state index contributed by atoms with van der Waals surface area (Å²) in [5.74, 6) is -0.497. The maximum Gasteiger partial charge on any atom is 0.422 e. The lowest BCUT2D eigenvalue weighted by molar-refractivity contribution is -0.153. The Kier molecular flexibility index (Phi) is 5.10. The zero-order valence-electron chi connectivity index (χ0n) is 13.4. The summed E-state index contributed by atoms with van der Waals surface area (Å²) in [5.41, 5.74) is 1.74. The first-order chi connectivity index (χ1) is 11.2. The second-order valence-corrected chi connectivity index (χ2v) is 5.31. The van der Waals surface area contributed by atoms with Crippen molar-refractivity contribution >= 4 is 5.91 Å². The van der Waals surface area contributed by atoms with Crippen molar-refractivity contribution in [2.24, 2.45) is 7.05 Å². The molecule has 1 atom stereocenters. The van der Waals surface area contributed by atoms with Crippen molar-refractivity contribution in [2.75, 3.05) is 6.61 Å². The minimum absolute atomic E-state index is 0. The molecule has 0 aliphatic carbocycles. The van der Waals surface area contributed by atoms with Crippen molar-refractivity contribution in [1.29, 1.82) is 0 Å². The van der Waals surface area contributed by atoms with Gasteiger partial charge in [0.2, 0.25) is 0 Å². The highest BCUT2D eigenvalue weighted by Crippen LogP contribution is 2.18. The van der Waals surface area contributed by atoms with E-state index < -0.39 is 18.7 Å². The zero-order chi connectivity index (χ0) is 17.9. The van der Waals surface area contributed by atoms with Crippen molar-refractivity contribution in [1.82, 2.24) is 20.1 Å². The first kappa shape index (κ1) is 17.8. The van der Waals surface area contributed by atoms with Gasteiger partial charge in [0.15, 0.2) is 6.61 Å². The van der Waals surface area contributed by atoms with Crippen LogP contribution in [0.4, 0.5) is 13.2 Å². The van der Waals surface area contributed by atoms with Crippen LogP contribution in [0.15, 0.2) is 24.4 Å². The van der Waals surface area contributed by atoms with E-state index in [9.17, 15) is 18.0 Å². The molecule has 24 heavy (non-hydrogen) atoms. The third-order valence-corrected chi connectivity index (χ3v) is 3.20. The van der Waals surface area contributed by atoms with Gasteiger partial charge in [-0.2, -0.15) is 18.3 Å². The van der Waals surface area contributed by atoms with Crippen LogP contribution in [0.3, 0.4) is 0 Å². The molecule has 2 aromatic rings. The fourth-order valence-corrected chi connectivity index (χ4v) is 2.15. The van der Waals surface area contributed by atoms with Crippen LogP contribution in [-0.2, 0) is 7.05 Å². The van der Waals surface area contributed by atoms with E-state index in [1.807, 2.05) is 13.0 Å². The average molecular weight is 344 g/mol. The van der Waals surface area contributed by atoms with E-state index in [1.165, 1.54) is 12.1 Å². The fraction of sp³-hybridized carbons (Fsp3) is 0.400. The number of amides is 1. The molecule has 0 spiro atoms. The maximum atomic E-state index is 12.2. The highest BCUT2D eigenvalue weighted by molar-refractivity contribution is 5.92. The van der Waals surface area contributed by atoms with E-state index in [0.717, 1.165) is 17.6 Å². The fourth-order valence-electron chi connectivity index (χ4n) is 2.15. The van der Waals surface area contributed by atoms with Crippen molar-refractivity contribution in [2.45, 2.75) is 26.1 Å². The number of hydrogen-bond acceptors (Lipinski definition) is 4. The number of alkyl halides is 3. The van der Waals surface area contributed by atoms with Crippen LogP contribution in [-0.4, -0.2) is 33.5 Å². The predicted octanol–water partition coefficient (Wildman–Crippen LogP) is 2.80. The second kappa shape index (κ2) is 6.90. The molecule has 0 aromatic carbocycles. The lowest BCUT2D eigenvalue weighted by Gasteiger charge is -2.14. The first-order valence-electron chi connectivity index (χ1n) is 7.13. The average Bonchev–Trinajstić information content (AvgIpc) is 2.83. The van der Waals surface area contributed by atoms with E-state index in [-0.39, 0.29) is 18.9 Å². The number of aromatic nitrogens is 3. The van der Waals surface area contributed by atoms with E-state index in [2.05, 4.69) is 20.1 Å². The Morgan fingerprint density at radius 2 is 2.17 bits per heavy atom. The number of pyridine rings is 1. The lowest BCUT2D eigenvalue weighted by atomic mass is 10.2. The molecule has 0 aliphatic rings. The molecule has 2 aromatic heterocycles. The van der Waals surface area contributed by atoms with Gasteiger partial charge in [-0.05, 0) is 32.0 Å². The second-order valence-electron chi connectivity index (χ2n) is 5.31. The quantitative estimate of drug-likeness (QED) is 0.906. The summed E-state index contributed by atoms with van der Waals surface area (Å²) in [7, 11) is 1.77. The van der Waals surface area contributed by atoms with Gasteiger partial charge in [-0.25, -0.2) is 4.98 Å². The Labute approximate surface area is 138 Å². The van der Waals surface area contributed by atoms with Gasteiger partial charge in [0.05, 0.1) is 23.6 Å². The van der Waals surface area contributed by atoms with Gasteiger partial charge in [0, 0.05) is 8.47 Å². The summed E-state index contributed by atoms with van der Waals surface area (Å²) in [6.45, 7) is 2.24. The standard InChI is InChI=1S/C15H17F3N4O2.H2/c1-9-6-13(22(3)21-9)10(2)20-14(23)12-5-4-11(7-19-12)24-8-15(16,17)18;/h4-7,10H,8H2,1-3H3,(H,20,23);1H. The predicted molar refractivity (Wildman–Crippen MR) is 81.7 cm³/mol. The monoisotopic (exact) mass is 344 g/mol. The minimum Gasteiger partial charge on any atom is -0.483 e. The molecular formula is C15H19F3N4O2. The van der Waals surface area contributed by atoms with Crippen LogP contribution < -0.4 is 10.1 Å². The van der Waals surface area contributed by atoms with Crippen molar-refractivity contribution in [3.63, 3.8) is 0 Å². The summed E-state index contributed by atoms with van der Waals surface area (Å²) in [4.78, 5) is 16.0. The molecule has 9 heteroatoms. The van der Waals surface area contributed by atoms with Gasteiger partial charge in [0.1, 0.15) is 11.4 Å². The van der Waals surface area contributed by atoms with E-state index in [4.69, 9.17) is 0 Å². The molecule has 132 valence electrons. The Hall–Kier alpha value is -2.58. The Balaban J connectivity index is 0.00000312. The largest absolute Gasteiger partial charge is 0.483 e. The van der Waals surface area contributed by atoms with Crippen LogP contribution in [0.2, 0.25) is 0 Å². The zero-order valence-corrected chi connectivity index (χ0v) is 13.4. The van der Waals surface area contributed by atoms with Gasteiger partial charge in [-0.15, -0.1) is 0 Å².